The van der Waals surface area contributed by atoms with Crippen LogP contribution in [0, 0.1) is 6.92 Å². The second kappa shape index (κ2) is 6.14. The largest absolute Gasteiger partial charge is 0.423 e. The highest BCUT2D eigenvalue weighted by Crippen LogP contribution is 2.34. The average Bonchev–Trinajstić information content (AvgIpc) is 3.10. The highest BCUT2D eigenvalue weighted by atomic mass is 35.5. The molecule has 5 nitrogen and oxygen atoms in total. The molecule has 0 bridgehead atoms. The molecule has 0 aliphatic carbocycles. The van der Waals surface area contributed by atoms with Crippen molar-refractivity contribution in [2.24, 2.45) is 0 Å². The van der Waals surface area contributed by atoms with Crippen molar-refractivity contribution in [3.05, 3.63) is 45.0 Å². The minimum Gasteiger partial charge on any atom is -0.423 e. The maximum Gasteiger partial charge on any atom is 0.310 e. The lowest BCUT2D eigenvalue weighted by atomic mass is 10.2. The molecule has 0 atom stereocenters. The SMILES string of the molecule is CCC(=O)Oc1c(C(=O)c2nc(C)cs2)[nH]c2cc(Cl)ccc12. The predicted octanol–water partition coefficient (Wildman–Crippen LogP) is 4.13. The van der Waals surface area contributed by atoms with Crippen LogP contribution in [0.5, 0.6) is 5.75 Å². The van der Waals surface area contributed by atoms with Crippen LogP contribution in [0.2, 0.25) is 5.02 Å². The summed E-state index contributed by atoms with van der Waals surface area (Å²) in [7, 11) is 0. The fourth-order valence-corrected chi connectivity index (χ4v) is 3.07. The molecule has 1 N–H and O–H groups in total. The number of ketones is 1. The summed E-state index contributed by atoms with van der Waals surface area (Å²) in [5.41, 5.74) is 1.61. The Morgan fingerprint density at radius 2 is 2.17 bits per heavy atom. The molecule has 0 fully saturated rings. The van der Waals surface area contributed by atoms with Crippen molar-refractivity contribution in [3.8, 4) is 5.75 Å². The van der Waals surface area contributed by atoms with E-state index in [4.69, 9.17) is 16.3 Å². The molecule has 7 heteroatoms. The molecule has 1 aromatic carbocycles. The molecular formula is C16H13ClN2O3S. The summed E-state index contributed by atoms with van der Waals surface area (Å²) in [6.45, 7) is 3.51. The highest BCUT2D eigenvalue weighted by molar-refractivity contribution is 7.12. The van der Waals surface area contributed by atoms with Gasteiger partial charge in [-0.2, -0.15) is 0 Å². The number of aromatic amines is 1. The summed E-state index contributed by atoms with van der Waals surface area (Å²) in [5.74, 6) is -0.499. The molecule has 23 heavy (non-hydrogen) atoms. The van der Waals surface area contributed by atoms with Crippen LogP contribution in [0.15, 0.2) is 23.6 Å². The third-order valence-electron chi connectivity index (χ3n) is 3.26. The molecule has 0 amide bonds. The number of carbonyl (C=O) groups is 2. The summed E-state index contributed by atoms with van der Waals surface area (Å²) in [6, 6.07) is 5.09. The molecule has 3 rings (SSSR count). The van der Waals surface area contributed by atoms with E-state index in [1.54, 1.807) is 30.5 Å². The van der Waals surface area contributed by atoms with Crippen molar-refractivity contribution in [3.63, 3.8) is 0 Å². The number of aryl methyl sites for hydroxylation is 1. The number of carbonyl (C=O) groups excluding carboxylic acids is 2. The van der Waals surface area contributed by atoms with Gasteiger partial charge in [-0.3, -0.25) is 9.59 Å². The average molecular weight is 349 g/mol. The van der Waals surface area contributed by atoms with E-state index in [1.807, 2.05) is 6.92 Å². The Morgan fingerprint density at radius 1 is 1.39 bits per heavy atom. The topological polar surface area (TPSA) is 72.1 Å². The first kappa shape index (κ1) is 15.7. The standard InChI is InChI=1S/C16H13ClN2O3S/c1-3-12(20)22-15-10-5-4-9(17)6-11(10)19-13(15)14(21)16-18-8(2)7-23-16/h4-7,19H,3H2,1-2H3. The number of esters is 1. The summed E-state index contributed by atoms with van der Waals surface area (Å²) < 4.78 is 5.38. The molecular weight excluding hydrogens is 336 g/mol. The summed E-state index contributed by atoms with van der Waals surface area (Å²) in [5, 5.41) is 3.29. The lowest BCUT2D eigenvalue weighted by Crippen LogP contribution is -2.10. The number of thiazole rings is 1. The first-order valence-electron chi connectivity index (χ1n) is 6.98. The summed E-state index contributed by atoms with van der Waals surface area (Å²) >= 11 is 7.24. The number of ether oxygens (including phenoxy) is 1. The third-order valence-corrected chi connectivity index (χ3v) is 4.45. The second-order valence-corrected chi connectivity index (χ2v) is 6.26. The number of halogens is 1. The van der Waals surface area contributed by atoms with E-state index in [-0.39, 0.29) is 23.6 Å². The Hall–Kier alpha value is -2.18. The quantitative estimate of drug-likeness (QED) is 0.568. The lowest BCUT2D eigenvalue weighted by molar-refractivity contribution is -0.133. The first-order valence-corrected chi connectivity index (χ1v) is 8.24. The zero-order valence-corrected chi connectivity index (χ0v) is 14.0. The number of H-pyrrole nitrogens is 1. The van der Waals surface area contributed by atoms with Gasteiger partial charge < -0.3 is 9.72 Å². The molecule has 118 valence electrons. The van der Waals surface area contributed by atoms with Crippen molar-refractivity contribution >= 4 is 45.6 Å². The van der Waals surface area contributed by atoms with Gasteiger partial charge in [-0.1, -0.05) is 18.5 Å². The summed E-state index contributed by atoms with van der Waals surface area (Å²) in [6.07, 6.45) is 0.213. The number of fused-ring (bicyclic) bond motifs is 1. The predicted molar refractivity (Wildman–Crippen MR) is 89.5 cm³/mol. The van der Waals surface area contributed by atoms with Crippen LogP contribution < -0.4 is 4.74 Å². The van der Waals surface area contributed by atoms with Gasteiger partial charge in [0, 0.05) is 27.9 Å². The molecule has 0 aliphatic heterocycles. The van der Waals surface area contributed by atoms with Crippen LogP contribution in [-0.4, -0.2) is 21.7 Å². The molecule has 2 heterocycles. The van der Waals surface area contributed by atoms with Crippen molar-refractivity contribution in [1.29, 1.82) is 0 Å². The second-order valence-electron chi connectivity index (χ2n) is 4.97. The fourth-order valence-electron chi connectivity index (χ4n) is 2.16. The van der Waals surface area contributed by atoms with E-state index in [2.05, 4.69) is 9.97 Å². The van der Waals surface area contributed by atoms with Gasteiger partial charge in [0.1, 0.15) is 5.69 Å². The van der Waals surface area contributed by atoms with E-state index in [0.29, 0.717) is 20.9 Å². The maximum absolute atomic E-state index is 12.7. The van der Waals surface area contributed by atoms with E-state index in [0.717, 1.165) is 5.69 Å². The van der Waals surface area contributed by atoms with Crippen LogP contribution in [0.4, 0.5) is 0 Å². The normalized spacial score (nSPS) is 10.9. The zero-order valence-electron chi connectivity index (χ0n) is 12.5. The lowest BCUT2D eigenvalue weighted by Gasteiger charge is -2.03. The number of nitrogens with one attached hydrogen (secondary N) is 1. The Labute approximate surface area is 141 Å². The Kier molecular flexibility index (Phi) is 4.19. The smallest absolute Gasteiger partial charge is 0.310 e. The van der Waals surface area contributed by atoms with Crippen molar-refractivity contribution in [1.82, 2.24) is 9.97 Å². The zero-order chi connectivity index (χ0) is 16.6. The van der Waals surface area contributed by atoms with Crippen molar-refractivity contribution in [2.45, 2.75) is 20.3 Å². The first-order chi connectivity index (χ1) is 11.0. The molecule has 0 radical (unpaired) electrons. The third kappa shape index (κ3) is 3.00. The molecule has 0 unspecified atom stereocenters. The number of benzene rings is 1. The number of hydrogen-bond donors (Lipinski definition) is 1. The summed E-state index contributed by atoms with van der Waals surface area (Å²) in [4.78, 5) is 31.6. The van der Waals surface area contributed by atoms with E-state index >= 15 is 0 Å². The Balaban J connectivity index is 2.15. The van der Waals surface area contributed by atoms with E-state index in [9.17, 15) is 9.59 Å². The highest BCUT2D eigenvalue weighted by Gasteiger charge is 2.24. The van der Waals surface area contributed by atoms with Crippen LogP contribution in [0.1, 0.15) is 34.5 Å². The van der Waals surface area contributed by atoms with Crippen molar-refractivity contribution < 1.29 is 14.3 Å². The van der Waals surface area contributed by atoms with Gasteiger partial charge in [0.25, 0.3) is 0 Å². The number of hydrogen-bond acceptors (Lipinski definition) is 5. The van der Waals surface area contributed by atoms with Gasteiger partial charge in [0.05, 0.1) is 5.52 Å². The Morgan fingerprint density at radius 3 is 2.83 bits per heavy atom. The minimum atomic E-state index is -0.412. The van der Waals surface area contributed by atoms with Crippen LogP contribution in [-0.2, 0) is 4.79 Å². The molecule has 0 spiro atoms. The number of rotatable bonds is 4. The Bertz CT molecular complexity index is 913. The van der Waals surface area contributed by atoms with Gasteiger partial charge in [0.2, 0.25) is 5.78 Å². The molecule has 0 aliphatic rings. The van der Waals surface area contributed by atoms with Crippen LogP contribution >= 0.6 is 22.9 Å². The van der Waals surface area contributed by atoms with Crippen molar-refractivity contribution in [2.75, 3.05) is 0 Å². The van der Waals surface area contributed by atoms with Gasteiger partial charge in [-0.05, 0) is 25.1 Å². The van der Waals surface area contributed by atoms with E-state index in [1.165, 1.54) is 11.3 Å². The fraction of sp³-hybridized carbons (Fsp3) is 0.188. The van der Waals surface area contributed by atoms with Crippen LogP contribution in [0.3, 0.4) is 0 Å². The molecule has 2 aromatic heterocycles. The minimum absolute atomic E-state index is 0.207. The monoisotopic (exact) mass is 348 g/mol. The van der Waals surface area contributed by atoms with Gasteiger partial charge in [-0.25, -0.2) is 4.98 Å². The van der Waals surface area contributed by atoms with Gasteiger partial charge in [0.15, 0.2) is 10.8 Å². The molecule has 0 saturated heterocycles. The number of aromatic nitrogens is 2. The molecule has 0 saturated carbocycles. The van der Waals surface area contributed by atoms with Gasteiger partial charge >= 0.3 is 5.97 Å². The van der Waals surface area contributed by atoms with Gasteiger partial charge in [-0.15, -0.1) is 11.3 Å². The van der Waals surface area contributed by atoms with E-state index < -0.39 is 5.97 Å². The number of nitrogens with zero attached hydrogens (tertiary/aromatic N) is 1. The molecule has 3 aromatic rings. The maximum atomic E-state index is 12.7. The van der Waals surface area contributed by atoms with Crippen LogP contribution in [0.25, 0.3) is 10.9 Å².